The van der Waals surface area contributed by atoms with Crippen molar-refractivity contribution in [1.29, 1.82) is 0 Å². The fourth-order valence-corrected chi connectivity index (χ4v) is 7.46. The van der Waals surface area contributed by atoms with E-state index in [1.165, 1.54) is 51.4 Å². The minimum Gasteiger partial charge on any atom is -0.476 e. The summed E-state index contributed by atoms with van der Waals surface area (Å²) >= 11 is 0. The van der Waals surface area contributed by atoms with Crippen molar-refractivity contribution in [1.82, 2.24) is 29.9 Å². The molecule has 0 radical (unpaired) electrons. The Morgan fingerprint density at radius 1 is 0.474 bits per heavy atom. The lowest BCUT2D eigenvalue weighted by Crippen LogP contribution is -2.40. The van der Waals surface area contributed by atoms with Crippen LogP contribution in [0.1, 0.15) is 118 Å². The van der Waals surface area contributed by atoms with E-state index in [9.17, 15) is 4.79 Å². The van der Waals surface area contributed by atoms with Crippen molar-refractivity contribution < 1.29 is 14.0 Å². The Balaban J connectivity index is 1.05. The summed E-state index contributed by atoms with van der Waals surface area (Å²) in [5, 5.41) is 0.283. The second-order valence-corrected chi connectivity index (χ2v) is 21.0. The number of ether oxygens (including phenoxy) is 1. The van der Waals surface area contributed by atoms with Crippen molar-refractivity contribution in [3.8, 4) is 5.88 Å². The van der Waals surface area contributed by atoms with Crippen LogP contribution in [0.2, 0.25) is 18.1 Å². The van der Waals surface area contributed by atoms with Crippen molar-refractivity contribution in [2.75, 3.05) is 13.2 Å². The minimum atomic E-state index is -1.62. The molecule has 9 nitrogen and oxygen atoms in total. The molecule has 0 spiro atoms. The SMILES string of the molecule is CC(C)(C)[Si](C)(C)OCCCCCCCCCCCCOc1nc2ccccc2nc1/C=C/c1nc2ccccc2nc1/C=C/c1nc2ccccc2nc1C=O. The number of hydrogen-bond donors (Lipinski definition) is 0. The molecular formula is C47H56N6O3Si. The van der Waals surface area contributed by atoms with Crippen molar-refractivity contribution in [3.63, 3.8) is 0 Å². The molecule has 0 fully saturated rings. The molecule has 0 saturated carbocycles. The van der Waals surface area contributed by atoms with Gasteiger partial charge in [-0.3, -0.25) is 4.79 Å². The van der Waals surface area contributed by atoms with Gasteiger partial charge in [0.2, 0.25) is 5.88 Å². The van der Waals surface area contributed by atoms with E-state index in [1.807, 2.05) is 91.0 Å². The first-order valence-electron chi connectivity index (χ1n) is 20.5. The number of fused-ring (bicyclic) bond motifs is 3. The standard InChI is InChI=1S/C47H56N6O3Si/c1-47(2,3)57(4,5)56-33-21-13-11-9-7-6-8-10-12-20-32-55-46-44(51-39-26-18-19-27-40(39)53-46)31-30-42-41(48-35-22-14-15-23-36(35)49-42)28-29-43-45(34-54)52-38-25-17-16-24-37(38)50-43/h14-19,22-31,34H,6-13,20-21,32-33H2,1-5H3/b29-28+,31-30+. The Bertz CT molecular complexity index is 2340. The number of hydrogen-bond acceptors (Lipinski definition) is 9. The lowest BCUT2D eigenvalue weighted by Gasteiger charge is -2.36. The van der Waals surface area contributed by atoms with Gasteiger partial charge >= 0.3 is 0 Å². The van der Waals surface area contributed by atoms with E-state index in [4.69, 9.17) is 29.1 Å². The predicted molar refractivity (Wildman–Crippen MR) is 237 cm³/mol. The van der Waals surface area contributed by atoms with Gasteiger partial charge in [-0.05, 0) is 91.7 Å². The van der Waals surface area contributed by atoms with Crippen LogP contribution in [0.3, 0.4) is 0 Å². The molecule has 0 unspecified atom stereocenters. The zero-order valence-electron chi connectivity index (χ0n) is 34.2. The number of carbonyl (C=O) groups excluding carboxylic acids is 1. The van der Waals surface area contributed by atoms with Gasteiger partial charge in [-0.2, -0.15) is 0 Å². The van der Waals surface area contributed by atoms with Gasteiger partial charge in [0.1, 0.15) is 11.4 Å². The molecule has 6 rings (SSSR count). The van der Waals surface area contributed by atoms with Crippen LogP contribution in [0, 0.1) is 0 Å². The Morgan fingerprint density at radius 2 is 0.807 bits per heavy atom. The van der Waals surface area contributed by atoms with Gasteiger partial charge < -0.3 is 9.16 Å². The first-order chi connectivity index (χ1) is 27.6. The molecule has 57 heavy (non-hydrogen) atoms. The lowest BCUT2D eigenvalue weighted by atomic mass is 10.1. The Labute approximate surface area is 338 Å². The average molecular weight is 781 g/mol. The predicted octanol–water partition coefficient (Wildman–Crippen LogP) is 12.0. The van der Waals surface area contributed by atoms with Crippen LogP contribution >= 0.6 is 0 Å². The highest BCUT2D eigenvalue weighted by Crippen LogP contribution is 2.36. The van der Waals surface area contributed by atoms with E-state index in [0.29, 0.717) is 46.3 Å². The number of benzene rings is 3. The third-order valence-electron chi connectivity index (χ3n) is 10.8. The van der Waals surface area contributed by atoms with Crippen LogP contribution < -0.4 is 4.74 Å². The van der Waals surface area contributed by atoms with Gasteiger partial charge in [0, 0.05) is 6.61 Å². The van der Waals surface area contributed by atoms with E-state index < -0.39 is 8.32 Å². The summed E-state index contributed by atoms with van der Waals surface area (Å²) < 4.78 is 12.6. The maximum absolute atomic E-state index is 12.0. The molecule has 0 aliphatic heterocycles. The summed E-state index contributed by atoms with van der Waals surface area (Å²) in [5.41, 5.74) is 7.02. The molecule has 0 bridgehead atoms. The number of aromatic nitrogens is 6. The second kappa shape index (κ2) is 19.8. The van der Waals surface area contributed by atoms with Gasteiger partial charge in [0.25, 0.3) is 0 Å². The maximum atomic E-state index is 12.0. The molecule has 3 aromatic heterocycles. The number of aldehydes is 1. The molecule has 296 valence electrons. The minimum absolute atomic E-state index is 0.258. The third kappa shape index (κ3) is 11.5. The van der Waals surface area contributed by atoms with Gasteiger partial charge in [-0.1, -0.05) is 109 Å². The van der Waals surface area contributed by atoms with Crippen LogP contribution in [0.4, 0.5) is 0 Å². The topological polar surface area (TPSA) is 113 Å². The van der Waals surface area contributed by atoms with Crippen LogP contribution in [0.5, 0.6) is 5.88 Å². The summed E-state index contributed by atoms with van der Waals surface area (Å²) in [4.78, 5) is 40.8. The molecule has 3 heterocycles. The summed E-state index contributed by atoms with van der Waals surface area (Å²) in [6, 6.07) is 23.0. The normalized spacial score (nSPS) is 12.4. The molecule has 0 amide bonds. The molecule has 0 aliphatic carbocycles. The third-order valence-corrected chi connectivity index (χ3v) is 15.3. The van der Waals surface area contributed by atoms with E-state index in [1.54, 1.807) is 6.08 Å². The number of rotatable bonds is 20. The van der Waals surface area contributed by atoms with Crippen LogP contribution in [-0.4, -0.2) is 57.7 Å². The fourth-order valence-electron chi connectivity index (χ4n) is 6.37. The number of unbranched alkanes of at least 4 members (excludes halogenated alkanes) is 9. The van der Waals surface area contributed by atoms with Gasteiger partial charge in [0.05, 0.1) is 56.8 Å². The van der Waals surface area contributed by atoms with E-state index in [0.717, 1.165) is 47.8 Å². The Kier molecular flexibility index (Phi) is 14.4. The van der Waals surface area contributed by atoms with Crippen LogP contribution in [0.25, 0.3) is 57.4 Å². The van der Waals surface area contributed by atoms with Crippen molar-refractivity contribution in [2.45, 2.75) is 103 Å². The van der Waals surface area contributed by atoms with Gasteiger partial charge in [-0.25, -0.2) is 29.9 Å². The molecule has 0 atom stereocenters. The molecule has 10 heteroatoms. The number of carbonyl (C=O) groups is 1. The summed E-state index contributed by atoms with van der Waals surface area (Å²) in [6.07, 6.45) is 20.3. The highest BCUT2D eigenvalue weighted by Gasteiger charge is 2.36. The summed E-state index contributed by atoms with van der Waals surface area (Å²) in [7, 11) is -1.62. The first-order valence-corrected chi connectivity index (χ1v) is 23.4. The lowest BCUT2D eigenvalue weighted by molar-refractivity contribution is 0.111. The average Bonchev–Trinajstić information content (AvgIpc) is 3.21. The highest BCUT2D eigenvalue weighted by molar-refractivity contribution is 6.74. The molecule has 0 aliphatic rings. The number of para-hydroxylation sites is 6. The molecule has 3 aromatic carbocycles. The van der Waals surface area contributed by atoms with E-state index in [2.05, 4.69) is 43.8 Å². The van der Waals surface area contributed by atoms with Crippen LogP contribution in [-0.2, 0) is 4.43 Å². The van der Waals surface area contributed by atoms with E-state index in [-0.39, 0.29) is 10.7 Å². The first kappa shape index (κ1) is 41.4. The van der Waals surface area contributed by atoms with Crippen LogP contribution in [0.15, 0.2) is 72.8 Å². The monoisotopic (exact) mass is 780 g/mol. The van der Waals surface area contributed by atoms with Gasteiger partial charge in [0.15, 0.2) is 14.6 Å². The quantitative estimate of drug-likeness (QED) is 0.0424. The van der Waals surface area contributed by atoms with E-state index >= 15 is 0 Å². The largest absolute Gasteiger partial charge is 0.476 e. The molecule has 6 aromatic rings. The van der Waals surface area contributed by atoms with Gasteiger partial charge in [-0.15, -0.1) is 0 Å². The Hall–Kier alpha value is -5.19. The number of nitrogens with zero attached hydrogens (tertiary/aromatic N) is 6. The van der Waals surface area contributed by atoms with Crippen molar-refractivity contribution in [3.05, 3.63) is 101 Å². The Morgan fingerprint density at radius 3 is 1.23 bits per heavy atom. The maximum Gasteiger partial charge on any atom is 0.240 e. The molecular weight excluding hydrogens is 725 g/mol. The fraction of sp³-hybridized carbons (Fsp3) is 0.383. The zero-order chi connectivity index (χ0) is 40.1. The molecule has 0 N–H and O–H groups in total. The second-order valence-electron chi connectivity index (χ2n) is 16.1. The zero-order valence-corrected chi connectivity index (χ0v) is 35.2. The highest BCUT2D eigenvalue weighted by atomic mass is 28.4. The summed E-state index contributed by atoms with van der Waals surface area (Å²) in [5.74, 6) is 0.493. The van der Waals surface area contributed by atoms with Crippen molar-refractivity contribution >= 4 is 72.0 Å². The smallest absolute Gasteiger partial charge is 0.240 e. The molecule has 0 saturated heterocycles. The van der Waals surface area contributed by atoms with Crippen molar-refractivity contribution in [2.24, 2.45) is 0 Å². The summed E-state index contributed by atoms with van der Waals surface area (Å²) in [6.45, 7) is 13.1.